The first kappa shape index (κ1) is 15.3. The molecule has 4 nitrogen and oxygen atoms in total. The Balaban J connectivity index is 2.68. The molecule has 0 aromatic rings. The lowest BCUT2D eigenvalue weighted by Gasteiger charge is -2.38. The standard InChI is InChI=1S/C13H24N2O2S/c1-5-14-7-12(17)15(8-11(14)16)6-10(9-18)13(2,3)4/h10,18H,5-9H2,1-4H3. The summed E-state index contributed by atoms with van der Waals surface area (Å²) in [5, 5.41) is 0. The number of carbonyl (C=O) groups excluding carboxylic acids is 2. The number of piperazine rings is 1. The molecule has 1 aliphatic rings. The van der Waals surface area contributed by atoms with Crippen molar-refractivity contribution in [1.82, 2.24) is 9.80 Å². The van der Waals surface area contributed by atoms with E-state index in [1.807, 2.05) is 6.92 Å². The maximum atomic E-state index is 12.0. The van der Waals surface area contributed by atoms with Gasteiger partial charge in [-0.2, -0.15) is 12.6 Å². The number of hydrogen-bond acceptors (Lipinski definition) is 3. The average Bonchev–Trinajstić information content (AvgIpc) is 2.27. The molecule has 0 bridgehead atoms. The van der Waals surface area contributed by atoms with Crippen molar-refractivity contribution in [2.45, 2.75) is 27.7 Å². The minimum atomic E-state index is 0.0453. The highest BCUT2D eigenvalue weighted by Crippen LogP contribution is 2.28. The fourth-order valence-electron chi connectivity index (χ4n) is 2.03. The van der Waals surface area contributed by atoms with E-state index in [4.69, 9.17) is 0 Å². The molecule has 5 heteroatoms. The van der Waals surface area contributed by atoms with Crippen LogP contribution in [-0.4, -0.2) is 53.5 Å². The first-order chi connectivity index (χ1) is 8.29. The van der Waals surface area contributed by atoms with Gasteiger partial charge < -0.3 is 9.80 Å². The minimum absolute atomic E-state index is 0.0453. The molecule has 18 heavy (non-hydrogen) atoms. The molecule has 0 spiro atoms. The third-order valence-electron chi connectivity index (χ3n) is 3.63. The van der Waals surface area contributed by atoms with Crippen molar-refractivity contribution in [2.75, 3.05) is 31.9 Å². The van der Waals surface area contributed by atoms with E-state index >= 15 is 0 Å². The summed E-state index contributed by atoms with van der Waals surface area (Å²) in [6, 6.07) is 0. The predicted octanol–water partition coefficient (Wildman–Crippen LogP) is 1.27. The number of amides is 2. The molecule has 1 aliphatic heterocycles. The third kappa shape index (κ3) is 3.64. The molecule has 104 valence electrons. The Morgan fingerprint density at radius 3 is 2.11 bits per heavy atom. The van der Waals surface area contributed by atoms with Crippen molar-refractivity contribution < 1.29 is 9.59 Å². The summed E-state index contributed by atoms with van der Waals surface area (Å²) in [6.07, 6.45) is 0. The highest BCUT2D eigenvalue weighted by Gasteiger charge is 2.33. The molecule has 0 aliphatic carbocycles. The lowest BCUT2D eigenvalue weighted by molar-refractivity contribution is -0.150. The van der Waals surface area contributed by atoms with Crippen LogP contribution < -0.4 is 0 Å². The third-order valence-corrected chi connectivity index (χ3v) is 4.07. The second kappa shape index (κ2) is 5.95. The normalized spacial score (nSPS) is 19.4. The summed E-state index contributed by atoms with van der Waals surface area (Å²) < 4.78 is 0. The number of rotatable bonds is 4. The SMILES string of the molecule is CCN1CC(=O)N(CC(CS)C(C)(C)C)CC1=O. The summed E-state index contributed by atoms with van der Waals surface area (Å²) in [6.45, 7) is 9.98. The maximum Gasteiger partial charge on any atom is 0.242 e. The Hall–Kier alpha value is -0.710. The quantitative estimate of drug-likeness (QED) is 0.783. The molecule has 1 unspecified atom stereocenters. The van der Waals surface area contributed by atoms with E-state index in [0.717, 1.165) is 5.75 Å². The van der Waals surface area contributed by atoms with Gasteiger partial charge in [0, 0.05) is 13.1 Å². The Kier molecular flexibility index (Phi) is 5.08. The molecular weight excluding hydrogens is 248 g/mol. The first-order valence-electron chi connectivity index (χ1n) is 6.46. The van der Waals surface area contributed by atoms with Crippen molar-refractivity contribution in [3.8, 4) is 0 Å². The van der Waals surface area contributed by atoms with Gasteiger partial charge in [0.25, 0.3) is 0 Å². The van der Waals surface area contributed by atoms with E-state index in [1.54, 1.807) is 9.80 Å². The summed E-state index contributed by atoms with van der Waals surface area (Å²) in [7, 11) is 0. The summed E-state index contributed by atoms with van der Waals surface area (Å²) in [5.41, 5.74) is 0.0902. The highest BCUT2D eigenvalue weighted by atomic mass is 32.1. The van der Waals surface area contributed by atoms with E-state index in [0.29, 0.717) is 19.0 Å². The zero-order valence-corrected chi connectivity index (χ0v) is 12.7. The van der Waals surface area contributed by atoms with E-state index in [2.05, 4.69) is 33.4 Å². The zero-order valence-electron chi connectivity index (χ0n) is 11.8. The highest BCUT2D eigenvalue weighted by molar-refractivity contribution is 7.80. The average molecular weight is 272 g/mol. The molecule has 2 amide bonds. The summed E-state index contributed by atoms with van der Waals surface area (Å²) in [4.78, 5) is 27.1. The minimum Gasteiger partial charge on any atom is -0.332 e. The molecule has 0 N–H and O–H groups in total. The monoisotopic (exact) mass is 272 g/mol. The van der Waals surface area contributed by atoms with Gasteiger partial charge in [-0.15, -0.1) is 0 Å². The molecule has 0 aromatic carbocycles. The number of hydrogen-bond donors (Lipinski definition) is 1. The van der Waals surface area contributed by atoms with Gasteiger partial charge in [-0.3, -0.25) is 9.59 Å². The van der Waals surface area contributed by atoms with E-state index in [9.17, 15) is 9.59 Å². The maximum absolute atomic E-state index is 12.0. The number of likely N-dealkylation sites (N-methyl/N-ethyl adjacent to an activating group) is 1. The fourth-order valence-corrected chi connectivity index (χ4v) is 2.69. The molecule has 1 rings (SSSR count). The van der Waals surface area contributed by atoms with Crippen molar-refractivity contribution in [1.29, 1.82) is 0 Å². The topological polar surface area (TPSA) is 40.6 Å². The van der Waals surface area contributed by atoms with Crippen molar-refractivity contribution in [2.24, 2.45) is 11.3 Å². The Morgan fingerprint density at radius 2 is 1.67 bits per heavy atom. The number of thiol groups is 1. The fraction of sp³-hybridized carbons (Fsp3) is 0.846. The molecule has 0 saturated carbocycles. The molecule has 1 saturated heterocycles. The van der Waals surface area contributed by atoms with Crippen LogP contribution in [0.25, 0.3) is 0 Å². The van der Waals surface area contributed by atoms with Crippen LogP contribution in [0.5, 0.6) is 0 Å². The van der Waals surface area contributed by atoms with Crippen LogP contribution in [0, 0.1) is 11.3 Å². The van der Waals surface area contributed by atoms with Gasteiger partial charge in [-0.25, -0.2) is 0 Å². The van der Waals surface area contributed by atoms with Gasteiger partial charge >= 0.3 is 0 Å². The lowest BCUT2D eigenvalue weighted by Crippen LogP contribution is -2.55. The van der Waals surface area contributed by atoms with Crippen molar-refractivity contribution in [3.05, 3.63) is 0 Å². The van der Waals surface area contributed by atoms with Gasteiger partial charge in [-0.05, 0) is 24.0 Å². The summed E-state index contributed by atoms with van der Waals surface area (Å²) >= 11 is 4.36. The predicted molar refractivity (Wildman–Crippen MR) is 75.6 cm³/mol. The number of nitrogens with zero attached hydrogens (tertiary/aromatic N) is 2. The van der Waals surface area contributed by atoms with Gasteiger partial charge in [0.2, 0.25) is 11.8 Å². The van der Waals surface area contributed by atoms with Crippen LogP contribution in [0.2, 0.25) is 0 Å². The van der Waals surface area contributed by atoms with Crippen molar-refractivity contribution >= 4 is 24.4 Å². The Morgan fingerprint density at radius 1 is 1.17 bits per heavy atom. The lowest BCUT2D eigenvalue weighted by atomic mass is 9.81. The van der Waals surface area contributed by atoms with Gasteiger partial charge in [0.05, 0.1) is 13.1 Å². The smallest absolute Gasteiger partial charge is 0.242 e. The van der Waals surface area contributed by atoms with Gasteiger partial charge in [0.1, 0.15) is 0 Å². The molecular formula is C13H24N2O2S. The largest absolute Gasteiger partial charge is 0.332 e. The molecule has 1 fully saturated rings. The molecule has 0 aromatic heterocycles. The Labute approximate surface area is 115 Å². The van der Waals surface area contributed by atoms with Crippen LogP contribution in [0.4, 0.5) is 0 Å². The molecule has 1 atom stereocenters. The van der Waals surface area contributed by atoms with E-state index in [-0.39, 0.29) is 30.3 Å². The van der Waals surface area contributed by atoms with Crippen LogP contribution in [0.15, 0.2) is 0 Å². The van der Waals surface area contributed by atoms with Gasteiger partial charge in [-0.1, -0.05) is 20.8 Å². The van der Waals surface area contributed by atoms with E-state index in [1.165, 1.54) is 0 Å². The van der Waals surface area contributed by atoms with Gasteiger partial charge in [0.15, 0.2) is 0 Å². The zero-order chi connectivity index (χ0) is 13.9. The van der Waals surface area contributed by atoms with Crippen molar-refractivity contribution in [3.63, 3.8) is 0 Å². The summed E-state index contributed by atoms with van der Waals surface area (Å²) in [5.74, 6) is 1.11. The second-order valence-corrected chi connectivity index (χ2v) is 6.29. The molecule has 0 radical (unpaired) electrons. The van der Waals surface area contributed by atoms with Crippen LogP contribution >= 0.6 is 12.6 Å². The second-order valence-electron chi connectivity index (χ2n) is 5.93. The Bertz CT molecular complexity index is 325. The number of carbonyl (C=O) groups is 2. The molecule has 1 heterocycles. The van der Waals surface area contributed by atoms with Crippen LogP contribution in [-0.2, 0) is 9.59 Å². The van der Waals surface area contributed by atoms with E-state index < -0.39 is 0 Å². The first-order valence-corrected chi connectivity index (χ1v) is 7.09. The van der Waals surface area contributed by atoms with Crippen LogP contribution in [0.3, 0.4) is 0 Å². The van der Waals surface area contributed by atoms with Crippen LogP contribution in [0.1, 0.15) is 27.7 Å².